The topological polar surface area (TPSA) is 17.1 Å². The Balaban J connectivity index is 4.63. The van der Waals surface area contributed by atoms with Gasteiger partial charge in [0.05, 0.1) is 0 Å². The molecule has 0 radical (unpaired) electrons. The first-order valence-electron chi connectivity index (χ1n) is 4.48. The quantitative estimate of drug-likeness (QED) is 0.678. The fourth-order valence-corrected chi connectivity index (χ4v) is 0.940. The Labute approximate surface area is 84.6 Å². The van der Waals surface area contributed by atoms with E-state index in [-0.39, 0.29) is 5.92 Å². The molecule has 0 aromatic carbocycles. The predicted octanol–water partition coefficient (Wildman–Crippen LogP) is 3.44. The molecule has 6 heteroatoms. The lowest BCUT2D eigenvalue weighted by Gasteiger charge is -2.22. The van der Waals surface area contributed by atoms with Crippen LogP contribution < -0.4 is 0 Å². The molecule has 0 bridgehead atoms. The summed E-state index contributed by atoms with van der Waals surface area (Å²) in [6, 6.07) is 0. The Bertz CT molecular complexity index is 231. The fourth-order valence-electron chi connectivity index (χ4n) is 0.940. The molecule has 0 saturated heterocycles. The number of halogens is 5. The van der Waals surface area contributed by atoms with Gasteiger partial charge in [0.15, 0.2) is 0 Å². The monoisotopic (exact) mass is 232 g/mol. The molecule has 0 aromatic heterocycles. The largest absolute Gasteiger partial charge is 0.456 e. The normalized spacial score (nSPS) is 15.5. The van der Waals surface area contributed by atoms with E-state index in [1.54, 1.807) is 13.8 Å². The van der Waals surface area contributed by atoms with Crippen LogP contribution >= 0.6 is 0 Å². The zero-order valence-electron chi connectivity index (χ0n) is 8.66. The van der Waals surface area contributed by atoms with Crippen molar-refractivity contribution in [2.24, 2.45) is 11.8 Å². The number of Topliss-reactive ketones (excluding diaryl/α,β-unsaturated/α-hetero) is 1. The molecule has 0 rings (SSSR count). The highest BCUT2D eigenvalue weighted by atomic mass is 19.4. The molecule has 0 N–H and O–H groups in total. The molecule has 0 unspecified atom stereocenters. The summed E-state index contributed by atoms with van der Waals surface area (Å²) in [5.74, 6) is -8.12. The zero-order chi connectivity index (χ0) is 12.4. The lowest BCUT2D eigenvalue weighted by molar-refractivity contribution is -0.197. The van der Waals surface area contributed by atoms with Gasteiger partial charge in [0.2, 0.25) is 0 Å². The lowest BCUT2D eigenvalue weighted by atomic mass is 9.90. The van der Waals surface area contributed by atoms with Gasteiger partial charge in [-0.15, -0.1) is 0 Å². The number of rotatable bonds is 4. The Morgan fingerprint density at radius 2 is 1.47 bits per heavy atom. The highest BCUT2D eigenvalue weighted by Gasteiger charge is 2.55. The number of carbonyl (C=O) groups excluding carboxylic acids is 1. The standard InChI is InChI=1S/C9H13F5O/c1-5(2)6(3)4-8(10,11)7(15)9(12,13)14/h5-6H,4H2,1-3H3/t6-/m0/s1. The van der Waals surface area contributed by atoms with E-state index in [9.17, 15) is 26.7 Å². The van der Waals surface area contributed by atoms with Crippen molar-refractivity contribution in [2.75, 3.05) is 0 Å². The van der Waals surface area contributed by atoms with Gasteiger partial charge in [-0.3, -0.25) is 4.79 Å². The summed E-state index contributed by atoms with van der Waals surface area (Å²) in [6.45, 7) is 4.61. The third-order valence-corrected chi connectivity index (χ3v) is 2.31. The van der Waals surface area contributed by atoms with Crippen molar-refractivity contribution in [1.82, 2.24) is 0 Å². The molecule has 0 aliphatic rings. The van der Waals surface area contributed by atoms with Gasteiger partial charge in [-0.05, 0) is 11.8 Å². The van der Waals surface area contributed by atoms with Gasteiger partial charge in [0.1, 0.15) is 0 Å². The van der Waals surface area contributed by atoms with Crippen molar-refractivity contribution in [3.63, 3.8) is 0 Å². The van der Waals surface area contributed by atoms with Crippen LogP contribution in [0, 0.1) is 11.8 Å². The first kappa shape index (κ1) is 14.3. The van der Waals surface area contributed by atoms with Gasteiger partial charge < -0.3 is 0 Å². The van der Waals surface area contributed by atoms with E-state index in [1.165, 1.54) is 6.92 Å². The molecule has 0 fully saturated rings. The van der Waals surface area contributed by atoms with Crippen LogP contribution in [0.4, 0.5) is 22.0 Å². The van der Waals surface area contributed by atoms with E-state index in [1.807, 2.05) is 0 Å². The second kappa shape index (κ2) is 4.45. The molecule has 0 aliphatic heterocycles. The highest BCUT2D eigenvalue weighted by molar-refractivity contribution is 5.90. The second-order valence-corrected chi connectivity index (χ2v) is 3.96. The number of carbonyl (C=O) groups is 1. The van der Waals surface area contributed by atoms with Crippen LogP contribution in [0.3, 0.4) is 0 Å². The van der Waals surface area contributed by atoms with Crippen molar-refractivity contribution in [3.8, 4) is 0 Å². The van der Waals surface area contributed by atoms with Gasteiger partial charge in [-0.2, -0.15) is 22.0 Å². The lowest BCUT2D eigenvalue weighted by Crippen LogP contribution is -2.41. The van der Waals surface area contributed by atoms with E-state index >= 15 is 0 Å². The van der Waals surface area contributed by atoms with E-state index in [0.717, 1.165) is 0 Å². The van der Waals surface area contributed by atoms with Gasteiger partial charge >= 0.3 is 17.9 Å². The summed E-state index contributed by atoms with van der Waals surface area (Å²) in [5.41, 5.74) is 0. The van der Waals surface area contributed by atoms with E-state index in [4.69, 9.17) is 0 Å². The van der Waals surface area contributed by atoms with Gasteiger partial charge in [0.25, 0.3) is 0 Å². The van der Waals surface area contributed by atoms with Crippen molar-refractivity contribution in [3.05, 3.63) is 0 Å². The van der Waals surface area contributed by atoms with Crippen molar-refractivity contribution in [2.45, 2.75) is 39.3 Å². The Hall–Kier alpha value is -0.680. The number of alkyl halides is 5. The molecule has 15 heavy (non-hydrogen) atoms. The minimum absolute atomic E-state index is 0.197. The second-order valence-electron chi connectivity index (χ2n) is 3.96. The van der Waals surface area contributed by atoms with E-state index < -0.39 is 30.2 Å². The minimum atomic E-state index is -5.47. The average molecular weight is 232 g/mol. The maximum atomic E-state index is 12.9. The molecule has 1 nitrogen and oxygen atoms in total. The van der Waals surface area contributed by atoms with Crippen LogP contribution in [0.2, 0.25) is 0 Å². The molecular formula is C9H13F5O. The van der Waals surface area contributed by atoms with Crippen molar-refractivity contribution in [1.29, 1.82) is 0 Å². The van der Waals surface area contributed by atoms with Crippen LogP contribution in [0.1, 0.15) is 27.2 Å². The summed E-state index contributed by atoms with van der Waals surface area (Å²) >= 11 is 0. The molecule has 0 heterocycles. The summed E-state index contributed by atoms with van der Waals surface area (Å²) in [7, 11) is 0. The number of hydrogen-bond acceptors (Lipinski definition) is 1. The summed E-state index contributed by atoms with van der Waals surface area (Å²) in [4.78, 5) is 10.4. The van der Waals surface area contributed by atoms with Gasteiger partial charge in [0, 0.05) is 6.42 Å². The van der Waals surface area contributed by atoms with Gasteiger partial charge in [-0.1, -0.05) is 20.8 Å². The molecule has 0 aliphatic carbocycles. The maximum absolute atomic E-state index is 12.9. The van der Waals surface area contributed by atoms with E-state index in [2.05, 4.69) is 0 Å². The summed E-state index contributed by atoms with van der Waals surface area (Å²) in [5, 5.41) is 0. The number of hydrogen-bond donors (Lipinski definition) is 0. The summed E-state index contributed by atoms with van der Waals surface area (Å²) in [6.07, 6.45) is -6.54. The molecular weight excluding hydrogens is 219 g/mol. The maximum Gasteiger partial charge on any atom is 0.456 e. The van der Waals surface area contributed by atoms with E-state index in [0.29, 0.717) is 0 Å². The van der Waals surface area contributed by atoms with Crippen LogP contribution in [-0.2, 0) is 4.79 Å². The molecule has 1 atom stereocenters. The molecule has 0 amide bonds. The fraction of sp³-hybridized carbons (Fsp3) is 0.889. The number of ketones is 1. The predicted molar refractivity (Wildman–Crippen MR) is 44.6 cm³/mol. The third kappa shape index (κ3) is 4.13. The molecule has 0 saturated carbocycles. The van der Waals surface area contributed by atoms with Crippen LogP contribution in [0.25, 0.3) is 0 Å². The van der Waals surface area contributed by atoms with Gasteiger partial charge in [-0.25, -0.2) is 0 Å². The first-order valence-corrected chi connectivity index (χ1v) is 4.48. The summed E-state index contributed by atoms with van der Waals surface area (Å²) < 4.78 is 61.0. The first-order chi connectivity index (χ1) is 6.48. The van der Waals surface area contributed by atoms with Crippen molar-refractivity contribution >= 4 is 5.78 Å². The Morgan fingerprint density at radius 3 is 1.73 bits per heavy atom. The minimum Gasteiger partial charge on any atom is -0.283 e. The van der Waals surface area contributed by atoms with Crippen molar-refractivity contribution < 1.29 is 26.7 Å². The third-order valence-electron chi connectivity index (χ3n) is 2.31. The SMILES string of the molecule is CC(C)[C@@H](C)CC(F)(F)C(=O)C(F)(F)F. The molecule has 0 aromatic rings. The smallest absolute Gasteiger partial charge is 0.283 e. The highest BCUT2D eigenvalue weighted by Crippen LogP contribution is 2.34. The molecule has 0 spiro atoms. The van der Waals surface area contributed by atoms with Crippen LogP contribution in [0.15, 0.2) is 0 Å². The average Bonchev–Trinajstić information content (AvgIpc) is 2.00. The van der Waals surface area contributed by atoms with Crippen LogP contribution in [-0.4, -0.2) is 17.9 Å². The molecule has 90 valence electrons. The van der Waals surface area contributed by atoms with Crippen LogP contribution in [0.5, 0.6) is 0 Å². The Kier molecular flexibility index (Phi) is 4.25. The zero-order valence-corrected chi connectivity index (χ0v) is 8.66. The Morgan fingerprint density at radius 1 is 1.07 bits per heavy atom.